The van der Waals surface area contributed by atoms with Crippen LogP contribution in [0, 0.1) is 0 Å². The molecule has 1 rings (SSSR count). The number of aldehydes is 1. The normalized spacial score (nSPS) is 10.0. The van der Waals surface area contributed by atoms with Gasteiger partial charge < -0.3 is 5.32 Å². The number of rotatable bonds is 6. The molecule has 0 amide bonds. The minimum absolute atomic E-state index is 0.193. The van der Waals surface area contributed by atoms with Gasteiger partial charge in [-0.2, -0.15) is 0 Å². The molecular formula is C10H14ClN3O. The highest BCUT2D eigenvalue weighted by molar-refractivity contribution is 6.31. The van der Waals surface area contributed by atoms with E-state index in [-0.39, 0.29) is 5.15 Å². The van der Waals surface area contributed by atoms with E-state index in [4.69, 9.17) is 11.6 Å². The molecule has 0 saturated heterocycles. The van der Waals surface area contributed by atoms with E-state index in [1.165, 1.54) is 19.0 Å². The molecule has 0 spiro atoms. The highest BCUT2D eigenvalue weighted by atomic mass is 35.5. The van der Waals surface area contributed by atoms with Crippen LogP contribution in [0.4, 0.5) is 5.95 Å². The van der Waals surface area contributed by atoms with E-state index < -0.39 is 0 Å². The Kier molecular flexibility index (Phi) is 5.04. The van der Waals surface area contributed by atoms with E-state index in [2.05, 4.69) is 22.2 Å². The number of hydrogen-bond donors (Lipinski definition) is 1. The summed E-state index contributed by atoms with van der Waals surface area (Å²) in [6.45, 7) is 2.97. The van der Waals surface area contributed by atoms with Crippen LogP contribution >= 0.6 is 11.6 Å². The standard InChI is InChI=1S/C10H14ClN3O/c1-2-3-4-5-12-10-13-6-8(7-15)9(11)14-10/h6-7H,2-5H2,1H3,(H,12,13,14). The predicted molar refractivity (Wildman–Crippen MR) is 60.4 cm³/mol. The van der Waals surface area contributed by atoms with Crippen molar-refractivity contribution in [2.45, 2.75) is 26.2 Å². The fourth-order valence-corrected chi connectivity index (χ4v) is 1.28. The van der Waals surface area contributed by atoms with Gasteiger partial charge in [-0.05, 0) is 6.42 Å². The molecule has 0 aliphatic carbocycles. The molecule has 82 valence electrons. The molecule has 1 aromatic heterocycles. The molecule has 0 aliphatic rings. The SMILES string of the molecule is CCCCCNc1ncc(C=O)c(Cl)n1. The number of anilines is 1. The number of nitrogens with one attached hydrogen (secondary N) is 1. The van der Waals surface area contributed by atoms with E-state index in [9.17, 15) is 4.79 Å². The topological polar surface area (TPSA) is 54.9 Å². The quantitative estimate of drug-likeness (QED) is 0.461. The first-order valence-electron chi connectivity index (χ1n) is 4.99. The van der Waals surface area contributed by atoms with Crippen molar-refractivity contribution in [2.75, 3.05) is 11.9 Å². The third-order valence-electron chi connectivity index (χ3n) is 1.96. The molecule has 0 aromatic carbocycles. The van der Waals surface area contributed by atoms with Crippen LogP contribution in [0.15, 0.2) is 6.20 Å². The second kappa shape index (κ2) is 6.35. The van der Waals surface area contributed by atoms with E-state index in [1.807, 2.05) is 0 Å². The van der Waals surface area contributed by atoms with Crippen molar-refractivity contribution < 1.29 is 4.79 Å². The second-order valence-corrected chi connectivity index (χ2v) is 3.55. The Morgan fingerprint density at radius 2 is 2.33 bits per heavy atom. The molecule has 4 nitrogen and oxygen atoms in total. The summed E-state index contributed by atoms with van der Waals surface area (Å²) in [7, 11) is 0. The fraction of sp³-hybridized carbons (Fsp3) is 0.500. The van der Waals surface area contributed by atoms with Crippen molar-refractivity contribution in [3.05, 3.63) is 16.9 Å². The van der Waals surface area contributed by atoms with Gasteiger partial charge in [0.25, 0.3) is 0 Å². The molecule has 0 aliphatic heterocycles. The third-order valence-corrected chi connectivity index (χ3v) is 2.26. The maximum absolute atomic E-state index is 10.5. The summed E-state index contributed by atoms with van der Waals surface area (Å²) in [4.78, 5) is 18.4. The highest BCUT2D eigenvalue weighted by Crippen LogP contribution is 2.11. The minimum Gasteiger partial charge on any atom is -0.354 e. The van der Waals surface area contributed by atoms with Crippen molar-refractivity contribution in [1.29, 1.82) is 0 Å². The first-order chi connectivity index (χ1) is 7.27. The van der Waals surface area contributed by atoms with Gasteiger partial charge in [-0.15, -0.1) is 0 Å². The van der Waals surface area contributed by atoms with Gasteiger partial charge in [0, 0.05) is 12.7 Å². The molecular weight excluding hydrogens is 214 g/mol. The van der Waals surface area contributed by atoms with Crippen molar-refractivity contribution in [1.82, 2.24) is 9.97 Å². The Morgan fingerprint density at radius 1 is 1.53 bits per heavy atom. The predicted octanol–water partition coefficient (Wildman–Crippen LogP) is 2.54. The van der Waals surface area contributed by atoms with Crippen molar-refractivity contribution in [3.8, 4) is 0 Å². The summed E-state index contributed by atoms with van der Waals surface area (Å²) in [6, 6.07) is 0. The van der Waals surface area contributed by atoms with Crippen LogP contribution in [0.1, 0.15) is 36.5 Å². The molecule has 0 unspecified atom stereocenters. The Balaban J connectivity index is 2.48. The summed E-state index contributed by atoms with van der Waals surface area (Å²) in [5.74, 6) is 0.474. The van der Waals surface area contributed by atoms with Crippen molar-refractivity contribution >= 4 is 23.8 Å². The number of hydrogen-bond acceptors (Lipinski definition) is 4. The molecule has 1 heterocycles. The zero-order valence-electron chi connectivity index (χ0n) is 8.66. The molecule has 0 fully saturated rings. The Morgan fingerprint density at radius 3 is 2.93 bits per heavy atom. The average molecular weight is 228 g/mol. The molecule has 0 saturated carbocycles. The van der Waals surface area contributed by atoms with Gasteiger partial charge in [0.05, 0.1) is 5.56 Å². The van der Waals surface area contributed by atoms with Gasteiger partial charge in [0.1, 0.15) is 5.15 Å². The zero-order valence-corrected chi connectivity index (χ0v) is 9.42. The van der Waals surface area contributed by atoms with Gasteiger partial charge in [-0.1, -0.05) is 31.4 Å². The first-order valence-corrected chi connectivity index (χ1v) is 5.37. The van der Waals surface area contributed by atoms with Gasteiger partial charge in [0.2, 0.25) is 5.95 Å². The minimum atomic E-state index is 0.193. The van der Waals surface area contributed by atoms with Crippen LogP contribution < -0.4 is 5.32 Å². The summed E-state index contributed by atoms with van der Waals surface area (Å²) < 4.78 is 0. The Labute approximate surface area is 94.1 Å². The molecule has 0 radical (unpaired) electrons. The molecule has 1 N–H and O–H groups in total. The van der Waals surface area contributed by atoms with Crippen LogP contribution in [0.3, 0.4) is 0 Å². The monoisotopic (exact) mass is 227 g/mol. The van der Waals surface area contributed by atoms with Crippen molar-refractivity contribution in [3.63, 3.8) is 0 Å². The highest BCUT2D eigenvalue weighted by Gasteiger charge is 2.02. The Hall–Kier alpha value is -1.16. The largest absolute Gasteiger partial charge is 0.354 e. The molecule has 15 heavy (non-hydrogen) atoms. The molecule has 5 heteroatoms. The van der Waals surface area contributed by atoms with Gasteiger partial charge >= 0.3 is 0 Å². The second-order valence-electron chi connectivity index (χ2n) is 3.19. The average Bonchev–Trinajstić information content (AvgIpc) is 2.25. The van der Waals surface area contributed by atoms with E-state index in [1.54, 1.807) is 0 Å². The summed E-state index contributed by atoms with van der Waals surface area (Å²) >= 11 is 5.75. The maximum Gasteiger partial charge on any atom is 0.224 e. The lowest BCUT2D eigenvalue weighted by Crippen LogP contribution is -2.06. The van der Waals surface area contributed by atoms with Crippen LogP contribution in [-0.2, 0) is 0 Å². The first kappa shape index (κ1) is 11.9. The summed E-state index contributed by atoms with van der Waals surface area (Å²) in [6.07, 6.45) is 5.49. The van der Waals surface area contributed by atoms with Gasteiger partial charge in [0.15, 0.2) is 6.29 Å². The van der Waals surface area contributed by atoms with Crippen LogP contribution in [0.5, 0.6) is 0 Å². The lowest BCUT2D eigenvalue weighted by atomic mass is 10.2. The molecule has 1 aromatic rings. The number of nitrogens with zero attached hydrogens (tertiary/aromatic N) is 2. The summed E-state index contributed by atoms with van der Waals surface area (Å²) in [5.41, 5.74) is 0.316. The fourth-order valence-electron chi connectivity index (χ4n) is 1.11. The Bertz CT molecular complexity index is 330. The number of carbonyl (C=O) groups excluding carboxylic acids is 1. The lowest BCUT2D eigenvalue weighted by Gasteiger charge is -2.04. The number of carbonyl (C=O) groups is 1. The zero-order chi connectivity index (χ0) is 11.1. The number of unbranched alkanes of at least 4 members (excludes halogenated alkanes) is 2. The number of halogens is 1. The van der Waals surface area contributed by atoms with Crippen LogP contribution in [0.2, 0.25) is 5.15 Å². The van der Waals surface area contributed by atoms with Crippen LogP contribution in [0.25, 0.3) is 0 Å². The van der Waals surface area contributed by atoms with Crippen LogP contribution in [-0.4, -0.2) is 22.8 Å². The van der Waals surface area contributed by atoms with Crippen molar-refractivity contribution in [2.24, 2.45) is 0 Å². The third kappa shape index (κ3) is 3.83. The molecule has 0 atom stereocenters. The van der Waals surface area contributed by atoms with E-state index in [0.29, 0.717) is 17.8 Å². The smallest absolute Gasteiger partial charge is 0.224 e. The van der Waals surface area contributed by atoms with E-state index >= 15 is 0 Å². The van der Waals surface area contributed by atoms with Gasteiger partial charge in [-0.3, -0.25) is 4.79 Å². The maximum atomic E-state index is 10.5. The molecule has 0 bridgehead atoms. The lowest BCUT2D eigenvalue weighted by molar-refractivity contribution is 0.112. The van der Waals surface area contributed by atoms with Gasteiger partial charge in [-0.25, -0.2) is 9.97 Å². The number of aromatic nitrogens is 2. The van der Waals surface area contributed by atoms with E-state index in [0.717, 1.165) is 13.0 Å². The summed E-state index contributed by atoms with van der Waals surface area (Å²) in [5, 5.41) is 3.24.